The Hall–Kier alpha value is -4.00. The number of amides is 1. The minimum atomic E-state index is -3.72. The van der Waals surface area contributed by atoms with Crippen molar-refractivity contribution >= 4 is 43.4 Å². The number of benzene rings is 3. The van der Waals surface area contributed by atoms with E-state index in [2.05, 4.69) is 15.9 Å². The van der Waals surface area contributed by atoms with Gasteiger partial charge in [0.15, 0.2) is 0 Å². The lowest BCUT2D eigenvalue weighted by molar-refractivity contribution is -0.134. The molecule has 4 aromatic rings. The van der Waals surface area contributed by atoms with E-state index in [1.165, 1.54) is 12.8 Å². The van der Waals surface area contributed by atoms with Crippen LogP contribution in [0.4, 0.5) is 5.82 Å². The number of phenols is 1. The highest BCUT2D eigenvalue weighted by Crippen LogP contribution is 2.41. The van der Waals surface area contributed by atoms with Crippen LogP contribution in [0.2, 0.25) is 0 Å². The van der Waals surface area contributed by atoms with Gasteiger partial charge >= 0.3 is 6.01 Å². The first-order chi connectivity index (χ1) is 22.7. The van der Waals surface area contributed by atoms with Crippen LogP contribution in [-0.2, 0) is 14.8 Å². The monoisotopic (exact) mass is 656 g/mol. The number of piperazine rings is 1. The van der Waals surface area contributed by atoms with Crippen LogP contribution in [0.25, 0.3) is 32.8 Å². The molecule has 0 unspecified atom stereocenters. The first-order valence-electron chi connectivity index (χ1n) is 16.6. The predicted molar refractivity (Wildman–Crippen MR) is 181 cm³/mol. The van der Waals surface area contributed by atoms with Crippen molar-refractivity contribution in [2.75, 3.05) is 43.4 Å². The molecule has 2 bridgehead atoms. The molecule has 4 saturated heterocycles. The lowest BCUT2D eigenvalue weighted by atomic mass is 9.95. The molecule has 3 N–H and O–H groups in total. The number of rotatable bonds is 8. The Kier molecular flexibility index (Phi) is 7.49. The van der Waals surface area contributed by atoms with Gasteiger partial charge in [-0.25, -0.2) is 13.6 Å². The third-order valence-electron chi connectivity index (χ3n) is 10.8. The molecule has 1 aromatic heterocycles. The quantitative estimate of drug-likeness (QED) is 0.288. The summed E-state index contributed by atoms with van der Waals surface area (Å²) >= 11 is 0. The zero-order valence-electron chi connectivity index (χ0n) is 26.3. The highest BCUT2D eigenvalue weighted by molar-refractivity contribution is 7.89. The van der Waals surface area contributed by atoms with Gasteiger partial charge in [0.1, 0.15) is 18.2 Å². The van der Waals surface area contributed by atoms with Gasteiger partial charge in [0, 0.05) is 37.0 Å². The predicted octanol–water partition coefficient (Wildman–Crippen LogP) is 4.02. The van der Waals surface area contributed by atoms with Crippen molar-refractivity contribution in [1.82, 2.24) is 19.8 Å². The van der Waals surface area contributed by atoms with Crippen molar-refractivity contribution in [2.45, 2.75) is 62.6 Å². The normalized spacial score (nSPS) is 22.3. The molecule has 12 heteroatoms. The second-order valence-corrected chi connectivity index (χ2v) is 15.4. The van der Waals surface area contributed by atoms with E-state index in [0.717, 1.165) is 77.4 Å². The third kappa shape index (κ3) is 5.66. The number of aromatic nitrogens is 2. The summed E-state index contributed by atoms with van der Waals surface area (Å²) in [6, 6.07) is 18.0. The van der Waals surface area contributed by atoms with Gasteiger partial charge in [-0.15, -0.1) is 0 Å². The summed E-state index contributed by atoms with van der Waals surface area (Å²) in [5, 5.41) is 18.6. The zero-order valence-corrected chi connectivity index (χ0v) is 27.2. The van der Waals surface area contributed by atoms with Gasteiger partial charge in [-0.3, -0.25) is 9.69 Å². The van der Waals surface area contributed by atoms with E-state index in [4.69, 9.17) is 19.8 Å². The summed E-state index contributed by atoms with van der Waals surface area (Å²) < 4.78 is 29.6. The second-order valence-electron chi connectivity index (χ2n) is 13.7. The fourth-order valence-corrected chi connectivity index (χ4v) is 9.06. The Morgan fingerprint density at radius 3 is 2.47 bits per heavy atom. The first-order valence-corrected chi connectivity index (χ1v) is 18.4. The summed E-state index contributed by atoms with van der Waals surface area (Å²) in [4.78, 5) is 29.8. The maximum Gasteiger partial charge on any atom is 0.319 e. The number of anilines is 1. The molecule has 2 atom stereocenters. The Bertz CT molecular complexity index is 1960. The minimum Gasteiger partial charge on any atom is -0.508 e. The molecule has 4 aliphatic heterocycles. The molecule has 246 valence electrons. The number of nitrogens with two attached hydrogens (primary N) is 1. The van der Waals surface area contributed by atoms with E-state index in [1.54, 1.807) is 12.1 Å². The number of aromatic hydroxyl groups is 1. The van der Waals surface area contributed by atoms with Crippen molar-refractivity contribution in [3.8, 4) is 22.9 Å². The van der Waals surface area contributed by atoms with E-state index in [9.17, 15) is 18.3 Å². The Morgan fingerprint density at radius 2 is 1.72 bits per heavy atom. The standard InChI is InChI=1S/C35H40N6O5S/c36-47(44,45)16-11-32(43)41-25-8-9-26(41)21-39(20-25)33-29-10-7-24(30-19-27(42)17-23-5-1-2-6-28(23)30)18-31(29)37-34(38-33)46-22-35-12-3-14-40(35)15-4-13-35/h1-2,5-7,10,17-19,25-26,42H,3-4,8-9,11-16,20-22H2,(H2,36,44,45)/t25-,26+. The van der Waals surface area contributed by atoms with E-state index in [-0.39, 0.29) is 41.5 Å². The number of ether oxygens (including phenoxy) is 1. The van der Waals surface area contributed by atoms with E-state index in [1.807, 2.05) is 41.3 Å². The van der Waals surface area contributed by atoms with Gasteiger partial charge < -0.3 is 19.6 Å². The van der Waals surface area contributed by atoms with Crippen molar-refractivity contribution < 1.29 is 23.1 Å². The minimum absolute atomic E-state index is 0.0431. The molecular weight excluding hydrogens is 616 g/mol. The van der Waals surface area contributed by atoms with Gasteiger partial charge in [-0.2, -0.15) is 9.97 Å². The van der Waals surface area contributed by atoms with Gasteiger partial charge in [0.25, 0.3) is 0 Å². The number of primary sulfonamides is 1. The molecule has 4 aliphatic rings. The molecule has 8 rings (SSSR count). The van der Waals surface area contributed by atoms with Crippen molar-refractivity contribution in [3.05, 3.63) is 54.6 Å². The average Bonchev–Trinajstić information content (AvgIpc) is 3.71. The molecule has 5 heterocycles. The van der Waals surface area contributed by atoms with Crippen LogP contribution in [0.5, 0.6) is 11.8 Å². The van der Waals surface area contributed by atoms with Crippen LogP contribution >= 0.6 is 0 Å². The lowest BCUT2D eigenvalue weighted by Gasteiger charge is -2.42. The number of carbonyl (C=O) groups is 1. The van der Waals surface area contributed by atoms with Crippen LogP contribution < -0.4 is 14.8 Å². The fourth-order valence-electron chi connectivity index (χ4n) is 8.60. The van der Waals surface area contributed by atoms with Gasteiger partial charge in [0.2, 0.25) is 15.9 Å². The SMILES string of the molecule is NS(=O)(=O)CCC(=O)N1[C@@H]2CC[C@H]1CN(c1nc(OCC34CCCN3CCC4)nc3cc(-c4cc(O)cc5ccccc45)ccc13)C2. The molecule has 11 nitrogen and oxygen atoms in total. The molecule has 0 aliphatic carbocycles. The largest absolute Gasteiger partial charge is 0.508 e. The molecule has 0 spiro atoms. The van der Waals surface area contributed by atoms with Crippen molar-refractivity contribution in [1.29, 1.82) is 0 Å². The molecule has 4 fully saturated rings. The van der Waals surface area contributed by atoms with Crippen LogP contribution in [0, 0.1) is 0 Å². The van der Waals surface area contributed by atoms with Gasteiger partial charge in [-0.1, -0.05) is 30.3 Å². The maximum atomic E-state index is 13.1. The van der Waals surface area contributed by atoms with Crippen LogP contribution in [0.1, 0.15) is 44.9 Å². The van der Waals surface area contributed by atoms with Crippen LogP contribution in [0.15, 0.2) is 54.6 Å². The molecule has 47 heavy (non-hydrogen) atoms. The number of phenolic OH excluding ortho intramolecular Hbond substituents is 1. The first kappa shape index (κ1) is 30.3. The summed E-state index contributed by atoms with van der Waals surface area (Å²) in [6.45, 7) is 3.93. The van der Waals surface area contributed by atoms with E-state index in [0.29, 0.717) is 25.7 Å². The smallest absolute Gasteiger partial charge is 0.319 e. The number of hydrogen-bond acceptors (Lipinski definition) is 9. The lowest BCUT2D eigenvalue weighted by Crippen LogP contribution is -2.56. The van der Waals surface area contributed by atoms with E-state index < -0.39 is 10.0 Å². The Labute approximate surface area is 274 Å². The average molecular weight is 657 g/mol. The van der Waals surface area contributed by atoms with Crippen molar-refractivity contribution in [3.63, 3.8) is 0 Å². The van der Waals surface area contributed by atoms with Gasteiger partial charge in [0.05, 0.1) is 16.8 Å². The zero-order chi connectivity index (χ0) is 32.3. The highest BCUT2D eigenvalue weighted by atomic mass is 32.2. The third-order valence-corrected chi connectivity index (χ3v) is 11.5. The number of nitrogens with zero attached hydrogens (tertiary/aromatic N) is 5. The number of hydrogen-bond donors (Lipinski definition) is 2. The summed E-state index contributed by atoms with van der Waals surface area (Å²) in [5.74, 6) is 0.467. The Balaban J connectivity index is 1.15. The molecule has 0 radical (unpaired) electrons. The number of sulfonamides is 1. The summed E-state index contributed by atoms with van der Waals surface area (Å²) in [6.07, 6.45) is 6.18. The summed E-state index contributed by atoms with van der Waals surface area (Å²) in [7, 11) is -3.72. The van der Waals surface area contributed by atoms with Crippen LogP contribution in [-0.4, -0.2) is 95.4 Å². The summed E-state index contributed by atoms with van der Waals surface area (Å²) in [5.41, 5.74) is 2.65. The van der Waals surface area contributed by atoms with E-state index >= 15 is 0 Å². The molecular formula is C35H40N6O5S. The molecule has 0 saturated carbocycles. The molecule has 1 amide bonds. The van der Waals surface area contributed by atoms with Crippen molar-refractivity contribution in [2.24, 2.45) is 5.14 Å². The topological polar surface area (TPSA) is 142 Å². The second kappa shape index (κ2) is 11.6. The maximum absolute atomic E-state index is 13.1. The number of fused-ring (bicyclic) bond motifs is 5. The highest BCUT2D eigenvalue weighted by Gasteiger charge is 2.46. The number of carbonyl (C=O) groups excluding carboxylic acids is 1. The fraction of sp³-hybridized carbons (Fsp3) is 0.457. The van der Waals surface area contributed by atoms with Gasteiger partial charge in [-0.05, 0) is 97.8 Å². The van der Waals surface area contributed by atoms with Crippen LogP contribution in [0.3, 0.4) is 0 Å². The Morgan fingerprint density at radius 1 is 0.979 bits per heavy atom. The molecule has 3 aromatic carbocycles.